The van der Waals surface area contributed by atoms with Gasteiger partial charge in [-0.1, -0.05) is 25.1 Å². The Morgan fingerprint density at radius 1 is 1.29 bits per heavy atom. The molecule has 1 unspecified atom stereocenters. The van der Waals surface area contributed by atoms with Crippen LogP contribution in [0.2, 0.25) is 0 Å². The zero-order chi connectivity index (χ0) is 11.0. The van der Waals surface area contributed by atoms with E-state index in [1.54, 1.807) is 0 Å². The molecule has 14 heavy (non-hydrogen) atoms. The fraction of sp³-hybridized carbons (Fsp3) is 1.00. The Labute approximate surface area is 87.8 Å². The lowest BCUT2D eigenvalue weighted by atomic mass is 10.0. The van der Waals surface area contributed by atoms with Gasteiger partial charge in [0.2, 0.25) is 0 Å². The zero-order valence-corrected chi connectivity index (χ0v) is 9.47. The molecule has 0 aliphatic heterocycles. The lowest BCUT2D eigenvalue weighted by Crippen LogP contribution is -2.19. The molecule has 1 N–H and O–H groups in total. The van der Waals surface area contributed by atoms with E-state index in [0.717, 1.165) is 19.4 Å². The molecular weight excluding hydrogens is 211 g/mol. The summed E-state index contributed by atoms with van der Waals surface area (Å²) in [6.45, 7) is 2.87. The van der Waals surface area contributed by atoms with Gasteiger partial charge in [0.25, 0.3) is 0 Å². The molecule has 0 aromatic carbocycles. The van der Waals surface area contributed by atoms with Crippen molar-refractivity contribution >= 4 is 11.8 Å². The van der Waals surface area contributed by atoms with Crippen LogP contribution in [0.4, 0.5) is 13.2 Å². The third-order valence-electron chi connectivity index (χ3n) is 1.98. The molecule has 86 valence electrons. The summed E-state index contributed by atoms with van der Waals surface area (Å²) in [5.74, 6) is 0.551. The molecule has 1 atom stereocenters. The normalized spacial score (nSPS) is 14.4. The Kier molecular flexibility index (Phi) is 7.45. The van der Waals surface area contributed by atoms with Crippen LogP contribution in [-0.2, 0) is 0 Å². The Morgan fingerprint density at radius 2 is 1.93 bits per heavy atom. The molecule has 0 aromatic rings. The van der Waals surface area contributed by atoms with Crippen molar-refractivity contribution in [1.29, 1.82) is 0 Å². The van der Waals surface area contributed by atoms with E-state index < -0.39 is 5.51 Å². The minimum Gasteiger partial charge on any atom is -0.319 e. The maximum atomic E-state index is 11.8. The van der Waals surface area contributed by atoms with Crippen LogP contribution in [0.1, 0.15) is 26.2 Å². The Morgan fingerprint density at radius 3 is 2.36 bits per heavy atom. The molecule has 0 rings (SSSR count). The summed E-state index contributed by atoms with van der Waals surface area (Å²) in [4.78, 5) is 0. The highest BCUT2D eigenvalue weighted by atomic mass is 32.2. The number of thioether (sulfide) groups is 1. The standard InChI is InChI=1S/C9H18F3NS/c1-3-4-8(7-13-2)5-6-14-9(10,11)12/h8,13H,3-7H2,1-2H3. The van der Waals surface area contributed by atoms with E-state index in [1.165, 1.54) is 0 Å². The van der Waals surface area contributed by atoms with Crippen LogP contribution in [0.25, 0.3) is 0 Å². The molecule has 5 heteroatoms. The van der Waals surface area contributed by atoms with Crippen LogP contribution in [-0.4, -0.2) is 24.9 Å². The second-order valence-corrected chi connectivity index (χ2v) is 4.46. The second kappa shape index (κ2) is 7.40. The first-order valence-electron chi connectivity index (χ1n) is 4.85. The van der Waals surface area contributed by atoms with Gasteiger partial charge in [-0.2, -0.15) is 13.2 Å². The van der Waals surface area contributed by atoms with Crippen LogP contribution in [0, 0.1) is 5.92 Å². The average Bonchev–Trinajstić information content (AvgIpc) is 2.02. The molecule has 0 fully saturated rings. The first-order valence-corrected chi connectivity index (χ1v) is 5.83. The molecule has 0 aromatic heterocycles. The molecule has 0 aliphatic rings. The maximum absolute atomic E-state index is 11.8. The van der Waals surface area contributed by atoms with Gasteiger partial charge in [0.15, 0.2) is 0 Å². The summed E-state index contributed by atoms with van der Waals surface area (Å²) in [6, 6.07) is 0. The topological polar surface area (TPSA) is 12.0 Å². The molecule has 0 heterocycles. The van der Waals surface area contributed by atoms with Gasteiger partial charge >= 0.3 is 5.51 Å². The molecule has 0 saturated carbocycles. The van der Waals surface area contributed by atoms with E-state index in [2.05, 4.69) is 12.2 Å². The monoisotopic (exact) mass is 229 g/mol. The van der Waals surface area contributed by atoms with E-state index >= 15 is 0 Å². The maximum Gasteiger partial charge on any atom is 0.441 e. The highest BCUT2D eigenvalue weighted by molar-refractivity contribution is 8.00. The van der Waals surface area contributed by atoms with Crippen molar-refractivity contribution in [2.75, 3.05) is 19.3 Å². The number of hydrogen-bond donors (Lipinski definition) is 1. The highest BCUT2D eigenvalue weighted by Gasteiger charge is 2.27. The van der Waals surface area contributed by atoms with E-state index in [-0.39, 0.29) is 17.5 Å². The Balaban J connectivity index is 3.60. The number of hydrogen-bond acceptors (Lipinski definition) is 2. The van der Waals surface area contributed by atoms with Gasteiger partial charge in [-0.05, 0) is 32.4 Å². The number of nitrogens with one attached hydrogen (secondary N) is 1. The van der Waals surface area contributed by atoms with Crippen molar-refractivity contribution < 1.29 is 13.2 Å². The molecule has 1 nitrogen and oxygen atoms in total. The van der Waals surface area contributed by atoms with Gasteiger partial charge in [-0.15, -0.1) is 0 Å². The van der Waals surface area contributed by atoms with E-state index in [4.69, 9.17) is 0 Å². The fourth-order valence-corrected chi connectivity index (χ4v) is 2.07. The van der Waals surface area contributed by atoms with Crippen molar-refractivity contribution in [3.05, 3.63) is 0 Å². The summed E-state index contributed by atoms with van der Waals surface area (Å²) >= 11 is 0.0858. The molecule has 0 spiro atoms. The first kappa shape index (κ1) is 14.1. The molecule has 0 amide bonds. The fourth-order valence-electron chi connectivity index (χ4n) is 1.39. The number of halogens is 3. The lowest BCUT2D eigenvalue weighted by Gasteiger charge is -2.15. The summed E-state index contributed by atoms with van der Waals surface area (Å²) in [7, 11) is 1.83. The molecule has 0 radical (unpaired) electrons. The predicted molar refractivity (Wildman–Crippen MR) is 55.5 cm³/mol. The molecule has 0 aliphatic carbocycles. The SMILES string of the molecule is CCCC(CCSC(F)(F)F)CNC. The molecular formula is C9H18F3NS. The third kappa shape index (κ3) is 8.69. The van der Waals surface area contributed by atoms with Crippen molar-refractivity contribution in [2.45, 2.75) is 31.7 Å². The zero-order valence-electron chi connectivity index (χ0n) is 8.66. The minimum absolute atomic E-state index is 0.0858. The van der Waals surface area contributed by atoms with Crippen LogP contribution in [0.5, 0.6) is 0 Å². The third-order valence-corrected chi connectivity index (χ3v) is 2.75. The van der Waals surface area contributed by atoms with Crippen LogP contribution < -0.4 is 5.32 Å². The Bertz CT molecular complexity index is 133. The first-order chi connectivity index (χ1) is 6.49. The summed E-state index contributed by atoms with van der Waals surface area (Å²) in [5, 5.41) is 3.01. The van der Waals surface area contributed by atoms with Gasteiger partial charge in [0.1, 0.15) is 0 Å². The van der Waals surface area contributed by atoms with Gasteiger partial charge in [0.05, 0.1) is 0 Å². The Hall–Kier alpha value is 0.1000. The van der Waals surface area contributed by atoms with Crippen molar-refractivity contribution in [3.8, 4) is 0 Å². The largest absolute Gasteiger partial charge is 0.441 e. The minimum atomic E-state index is -4.07. The lowest BCUT2D eigenvalue weighted by molar-refractivity contribution is -0.0328. The average molecular weight is 229 g/mol. The number of rotatable bonds is 7. The quantitative estimate of drug-likeness (QED) is 0.719. The summed E-state index contributed by atoms with van der Waals surface area (Å²) in [5.41, 5.74) is -4.07. The van der Waals surface area contributed by atoms with Gasteiger partial charge < -0.3 is 5.32 Å². The van der Waals surface area contributed by atoms with Gasteiger partial charge in [-0.25, -0.2) is 0 Å². The van der Waals surface area contributed by atoms with Gasteiger partial charge in [0, 0.05) is 5.75 Å². The number of alkyl halides is 3. The molecule has 0 bridgehead atoms. The second-order valence-electron chi connectivity index (χ2n) is 3.30. The van der Waals surface area contributed by atoms with E-state index in [9.17, 15) is 13.2 Å². The van der Waals surface area contributed by atoms with Crippen molar-refractivity contribution in [3.63, 3.8) is 0 Å². The van der Waals surface area contributed by atoms with Crippen LogP contribution in [0.15, 0.2) is 0 Å². The smallest absolute Gasteiger partial charge is 0.319 e. The van der Waals surface area contributed by atoms with E-state index in [1.807, 2.05) is 7.05 Å². The van der Waals surface area contributed by atoms with Crippen molar-refractivity contribution in [2.24, 2.45) is 5.92 Å². The van der Waals surface area contributed by atoms with Crippen LogP contribution >= 0.6 is 11.8 Å². The van der Waals surface area contributed by atoms with Gasteiger partial charge in [-0.3, -0.25) is 0 Å². The molecule has 0 saturated heterocycles. The predicted octanol–water partition coefficient (Wildman–Crippen LogP) is 3.27. The van der Waals surface area contributed by atoms with E-state index in [0.29, 0.717) is 12.3 Å². The van der Waals surface area contributed by atoms with Crippen molar-refractivity contribution in [1.82, 2.24) is 5.32 Å². The highest BCUT2D eigenvalue weighted by Crippen LogP contribution is 2.31. The summed E-state index contributed by atoms with van der Waals surface area (Å²) < 4.78 is 35.5. The summed E-state index contributed by atoms with van der Waals surface area (Å²) in [6.07, 6.45) is 2.67. The van der Waals surface area contributed by atoms with Crippen LogP contribution in [0.3, 0.4) is 0 Å².